The number of imide groups is 1. The van der Waals surface area contributed by atoms with Crippen molar-refractivity contribution in [3.63, 3.8) is 0 Å². The highest BCUT2D eigenvalue weighted by Gasteiger charge is 2.54. The summed E-state index contributed by atoms with van der Waals surface area (Å²) >= 11 is 1.48. The maximum absolute atomic E-state index is 13.6. The zero-order valence-electron chi connectivity index (χ0n) is 17.2. The van der Waals surface area contributed by atoms with Gasteiger partial charge in [-0.2, -0.15) is 0 Å². The topological polar surface area (TPSA) is 101 Å². The van der Waals surface area contributed by atoms with Gasteiger partial charge >= 0.3 is 0 Å². The second kappa shape index (κ2) is 8.63. The lowest BCUT2D eigenvalue weighted by Gasteiger charge is -2.34. The standard InChI is InChI=1S/C23H25N3O4S/c24-21(29)16-6-4-10-25(14-16)19(27)12-23(17-7-2-1-3-8-17)13-20(28)26(22(23)30)15-18-9-5-11-31-18/h1-3,5,7-9,11,16H,4,6,10,12-15H2,(H2,24,29). The number of benzene rings is 1. The fourth-order valence-electron chi connectivity index (χ4n) is 4.55. The summed E-state index contributed by atoms with van der Waals surface area (Å²) in [5.74, 6) is -1.63. The smallest absolute Gasteiger partial charge is 0.241 e. The predicted octanol–water partition coefficient (Wildman–Crippen LogP) is 2.06. The van der Waals surface area contributed by atoms with Gasteiger partial charge in [0.25, 0.3) is 0 Å². The molecule has 4 rings (SSSR count). The SMILES string of the molecule is NC(=O)C1CCCN(C(=O)CC2(c3ccccc3)CC(=O)N(Cc3cccs3)C2=O)C1. The van der Waals surface area contributed by atoms with Crippen molar-refractivity contribution in [3.05, 3.63) is 58.3 Å². The molecule has 2 aromatic rings. The molecule has 2 aliphatic rings. The largest absolute Gasteiger partial charge is 0.369 e. The van der Waals surface area contributed by atoms with Gasteiger partial charge in [0.05, 0.1) is 17.9 Å². The molecule has 8 heteroatoms. The lowest BCUT2D eigenvalue weighted by Crippen LogP contribution is -2.47. The van der Waals surface area contributed by atoms with E-state index < -0.39 is 11.3 Å². The Kier molecular flexibility index (Phi) is 5.91. The lowest BCUT2D eigenvalue weighted by atomic mass is 9.75. The number of likely N-dealkylation sites (tertiary alicyclic amines) is 2. The highest BCUT2D eigenvalue weighted by atomic mass is 32.1. The molecule has 31 heavy (non-hydrogen) atoms. The van der Waals surface area contributed by atoms with Crippen molar-refractivity contribution in [1.29, 1.82) is 0 Å². The molecule has 2 N–H and O–H groups in total. The monoisotopic (exact) mass is 439 g/mol. The van der Waals surface area contributed by atoms with Gasteiger partial charge in [-0.15, -0.1) is 11.3 Å². The third kappa shape index (κ3) is 4.12. The fourth-order valence-corrected chi connectivity index (χ4v) is 5.24. The van der Waals surface area contributed by atoms with Crippen LogP contribution in [0, 0.1) is 5.92 Å². The van der Waals surface area contributed by atoms with Crippen molar-refractivity contribution < 1.29 is 19.2 Å². The van der Waals surface area contributed by atoms with Crippen LogP contribution in [-0.2, 0) is 31.1 Å². The second-order valence-corrected chi connectivity index (χ2v) is 9.28. The van der Waals surface area contributed by atoms with E-state index in [1.807, 2.05) is 35.7 Å². The van der Waals surface area contributed by atoms with E-state index in [0.717, 1.165) is 4.88 Å². The number of nitrogens with two attached hydrogens (primary N) is 1. The molecule has 3 heterocycles. The quantitative estimate of drug-likeness (QED) is 0.696. The van der Waals surface area contributed by atoms with Gasteiger partial charge in [0, 0.05) is 30.8 Å². The summed E-state index contributed by atoms with van der Waals surface area (Å²) in [6.45, 7) is 1.00. The first-order chi connectivity index (χ1) is 14.9. The number of carbonyl (C=O) groups excluding carboxylic acids is 4. The zero-order chi connectivity index (χ0) is 22.0. The molecule has 2 fully saturated rings. The molecular formula is C23H25N3O4S. The molecule has 0 spiro atoms. The van der Waals surface area contributed by atoms with Crippen molar-refractivity contribution in [2.45, 2.75) is 37.6 Å². The van der Waals surface area contributed by atoms with Gasteiger partial charge in [-0.3, -0.25) is 24.1 Å². The normalized spacial score (nSPS) is 23.9. The Hall–Kier alpha value is -3.00. The lowest BCUT2D eigenvalue weighted by molar-refractivity contribution is -0.144. The molecule has 7 nitrogen and oxygen atoms in total. The maximum atomic E-state index is 13.6. The number of amides is 4. The summed E-state index contributed by atoms with van der Waals surface area (Å²) in [5, 5.41) is 1.90. The van der Waals surface area contributed by atoms with Crippen molar-refractivity contribution in [1.82, 2.24) is 9.80 Å². The molecule has 0 aliphatic carbocycles. The number of rotatable bonds is 6. The van der Waals surface area contributed by atoms with Crippen LogP contribution in [0.4, 0.5) is 0 Å². The number of piperidine rings is 1. The van der Waals surface area contributed by atoms with E-state index in [9.17, 15) is 19.2 Å². The first-order valence-electron chi connectivity index (χ1n) is 10.4. The van der Waals surface area contributed by atoms with E-state index in [1.165, 1.54) is 16.2 Å². The summed E-state index contributed by atoms with van der Waals surface area (Å²) < 4.78 is 0. The van der Waals surface area contributed by atoms with Crippen LogP contribution in [0.2, 0.25) is 0 Å². The number of thiophene rings is 1. The van der Waals surface area contributed by atoms with E-state index in [4.69, 9.17) is 5.73 Å². The number of hydrogen-bond acceptors (Lipinski definition) is 5. The van der Waals surface area contributed by atoms with E-state index >= 15 is 0 Å². The van der Waals surface area contributed by atoms with Crippen LogP contribution >= 0.6 is 11.3 Å². The molecule has 0 bridgehead atoms. The molecule has 2 aliphatic heterocycles. The van der Waals surface area contributed by atoms with Crippen LogP contribution in [0.5, 0.6) is 0 Å². The zero-order valence-corrected chi connectivity index (χ0v) is 18.0. The average molecular weight is 440 g/mol. The molecule has 1 aromatic carbocycles. The number of nitrogens with zero attached hydrogens (tertiary/aromatic N) is 2. The number of carbonyl (C=O) groups is 4. The minimum atomic E-state index is -1.23. The molecule has 0 saturated carbocycles. The van der Waals surface area contributed by atoms with Gasteiger partial charge in [-0.1, -0.05) is 36.4 Å². The summed E-state index contributed by atoms with van der Waals surface area (Å²) in [7, 11) is 0. The third-order valence-corrected chi connectivity index (χ3v) is 7.12. The van der Waals surface area contributed by atoms with Crippen LogP contribution in [0.1, 0.15) is 36.1 Å². The summed E-state index contributed by atoms with van der Waals surface area (Å²) in [6, 6.07) is 12.8. The highest BCUT2D eigenvalue weighted by Crippen LogP contribution is 2.41. The number of hydrogen-bond donors (Lipinski definition) is 1. The Bertz CT molecular complexity index is 992. The van der Waals surface area contributed by atoms with Gasteiger partial charge in [0.15, 0.2) is 0 Å². The minimum Gasteiger partial charge on any atom is -0.369 e. The van der Waals surface area contributed by atoms with Crippen molar-refractivity contribution in [3.8, 4) is 0 Å². The van der Waals surface area contributed by atoms with Crippen LogP contribution in [0.25, 0.3) is 0 Å². The third-order valence-electron chi connectivity index (χ3n) is 6.26. The van der Waals surface area contributed by atoms with E-state index in [2.05, 4.69) is 0 Å². The highest BCUT2D eigenvalue weighted by molar-refractivity contribution is 7.09. The van der Waals surface area contributed by atoms with E-state index in [0.29, 0.717) is 24.9 Å². The predicted molar refractivity (Wildman–Crippen MR) is 116 cm³/mol. The number of primary amides is 1. The summed E-state index contributed by atoms with van der Waals surface area (Å²) in [5.41, 5.74) is 4.89. The van der Waals surface area contributed by atoms with E-state index in [1.54, 1.807) is 17.0 Å². The van der Waals surface area contributed by atoms with Crippen molar-refractivity contribution in [2.75, 3.05) is 13.1 Å². The Morgan fingerprint density at radius 3 is 2.58 bits per heavy atom. The van der Waals surface area contributed by atoms with Crippen LogP contribution in [-0.4, -0.2) is 46.5 Å². The minimum absolute atomic E-state index is 0.0416. The first kappa shape index (κ1) is 21.2. The van der Waals surface area contributed by atoms with Crippen LogP contribution in [0.15, 0.2) is 47.8 Å². The first-order valence-corrected chi connectivity index (χ1v) is 11.3. The van der Waals surface area contributed by atoms with Gasteiger partial charge in [-0.25, -0.2) is 0 Å². The summed E-state index contributed by atoms with van der Waals surface area (Å²) in [6.07, 6.45) is 1.21. The van der Waals surface area contributed by atoms with Crippen LogP contribution < -0.4 is 5.73 Å². The maximum Gasteiger partial charge on any atom is 0.241 e. The fraction of sp³-hybridized carbons (Fsp3) is 0.391. The van der Waals surface area contributed by atoms with E-state index in [-0.39, 0.29) is 49.6 Å². The Labute approximate surface area is 184 Å². The molecule has 0 radical (unpaired) electrons. The Morgan fingerprint density at radius 2 is 1.90 bits per heavy atom. The molecule has 2 unspecified atom stereocenters. The molecule has 162 valence electrons. The average Bonchev–Trinajstić information content (AvgIpc) is 3.37. The van der Waals surface area contributed by atoms with Crippen molar-refractivity contribution in [2.24, 2.45) is 11.7 Å². The van der Waals surface area contributed by atoms with Gasteiger partial charge < -0.3 is 10.6 Å². The van der Waals surface area contributed by atoms with Crippen LogP contribution in [0.3, 0.4) is 0 Å². The van der Waals surface area contributed by atoms with Gasteiger partial charge in [0.1, 0.15) is 0 Å². The molecule has 1 aromatic heterocycles. The van der Waals surface area contributed by atoms with Crippen molar-refractivity contribution >= 4 is 35.0 Å². The van der Waals surface area contributed by atoms with Gasteiger partial charge in [-0.05, 0) is 29.9 Å². The molecule has 2 saturated heterocycles. The Balaban J connectivity index is 1.62. The second-order valence-electron chi connectivity index (χ2n) is 8.25. The Morgan fingerprint density at radius 1 is 1.13 bits per heavy atom. The van der Waals surface area contributed by atoms with Gasteiger partial charge in [0.2, 0.25) is 23.6 Å². The summed E-state index contributed by atoms with van der Waals surface area (Å²) in [4.78, 5) is 55.2. The molecule has 2 atom stereocenters. The molecule has 4 amide bonds. The molecular weight excluding hydrogens is 414 g/mol.